The van der Waals surface area contributed by atoms with E-state index in [9.17, 15) is 14.4 Å². The van der Waals surface area contributed by atoms with Gasteiger partial charge < -0.3 is 15.0 Å². The largest absolute Gasteiger partial charge is 0.497 e. The van der Waals surface area contributed by atoms with Crippen LogP contribution in [0.3, 0.4) is 0 Å². The van der Waals surface area contributed by atoms with Crippen molar-refractivity contribution in [3.8, 4) is 5.75 Å². The molecule has 144 valence electrons. The molecule has 0 radical (unpaired) electrons. The number of hydrogen-bond acceptors (Lipinski definition) is 4. The van der Waals surface area contributed by atoms with Crippen LogP contribution in [0, 0.1) is 0 Å². The molecule has 2 saturated heterocycles. The molecule has 2 aromatic carbocycles. The minimum atomic E-state index is -0.684. The highest BCUT2D eigenvalue weighted by atomic mass is 16.5. The first-order valence-electron chi connectivity index (χ1n) is 9.19. The highest BCUT2D eigenvalue weighted by molar-refractivity contribution is 6.04. The number of hydrogen-bond donors (Lipinski definition) is 1. The summed E-state index contributed by atoms with van der Waals surface area (Å²) in [6, 6.07) is 14.7. The van der Waals surface area contributed by atoms with Gasteiger partial charge in [-0.2, -0.15) is 0 Å². The Balaban J connectivity index is 1.56. The van der Waals surface area contributed by atoms with E-state index >= 15 is 0 Å². The average molecular weight is 379 g/mol. The van der Waals surface area contributed by atoms with E-state index in [0.717, 1.165) is 5.56 Å². The minimum absolute atomic E-state index is 0.180. The number of carbonyl (C=O) groups excluding carboxylic acids is 3. The molecule has 4 amide bonds. The molecule has 0 spiro atoms. The maximum absolute atomic E-state index is 13.1. The van der Waals surface area contributed by atoms with Gasteiger partial charge >= 0.3 is 6.03 Å². The summed E-state index contributed by atoms with van der Waals surface area (Å²) in [6.45, 7) is 0.602. The second kappa shape index (κ2) is 7.34. The molecule has 0 aromatic heterocycles. The van der Waals surface area contributed by atoms with E-state index < -0.39 is 12.1 Å². The molecular weight excluding hydrogens is 358 g/mol. The van der Waals surface area contributed by atoms with Gasteiger partial charge in [-0.3, -0.25) is 14.5 Å². The quantitative estimate of drug-likeness (QED) is 0.882. The van der Waals surface area contributed by atoms with Crippen LogP contribution in [0.4, 0.5) is 4.79 Å². The fraction of sp³-hybridized carbons (Fsp3) is 0.286. The molecule has 2 fully saturated rings. The van der Waals surface area contributed by atoms with Gasteiger partial charge in [-0.1, -0.05) is 30.3 Å². The second-order valence-corrected chi connectivity index (χ2v) is 6.93. The lowest BCUT2D eigenvalue weighted by Gasteiger charge is -2.37. The van der Waals surface area contributed by atoms with Crippen molar-refractivity contribution in [3.05, 3.63) is 65.7 Å². The first kappa shape index (κ1) is 18.0. The predicted molar refractivity (Wildman–Crippen MR) is 102 cm³/mol. The number of urea groups is 1. The van der Waals surface area contributed by atoms with Crippen molar-refractivity contribution in [1.29, 1.82) is 0 Å². The van der Waals surface area contributed by atoms with Crippen molar-refractivity contribution < 1.29 is 19.1 Å². The molecule has 28 heavy (non-hydrogen) atoms. The number of benzene rings is 2. The van der Waals surface area contributed by atoms with E-state index in [0.29, 0.717) is 24.3 Å². The summed E-state index contributed by atoms with van der Waals surface area (Å²) in [4.78, 5) is 41.3. The van der Waals surface area contributed by atoms with Gasteiger partial charge in [0.05, 0.1) is 19.7 Å². The number of carbonyl (C=O) groups is 3. The van der Waals surface area contributed by atoms with Crippen LogP contribution in [0.5, 0.6) is 5.75 Å². The number of nitrogens with one attached hydrogen (secondary N) is 1. The van der Waals surface area contributed by atoms with E-state index in [2.05, 4.69) is 5.32 Å². The summed E-state index contributed by atoms with van der Waals surface area (Å²) in [5.74, 6) is 0.0992. The zero-order valence-electron chi connectivity index (χ0n) is 15.5. The molecule has 2 atom stereocenters. The molecule has 2 heterocycles. The van der Waals surface area contributed by atoms with E-state index in [1.54, 1.807) is 36.3 Å². The number of nitrogens with zero attached hydrogens (tertiary/aromatic N) is 2. The van der Waals surface area contributed by atoms with Gasteiger partial charge in [-0.15, -0.1) is 0 Å². The number of likely N-dealkylation sites (tertiary alicyclic amines) is 1. The topological polar surface area (TPSA) is 79.0 Å². The summed E-state index contributed by atoms with van der Waals surface area (Å²) in [5, 5.41) is 2.89. The average Bonchev–Trinajstić information content (AvgIpc) is 3.15. The Bertz CT molecular complexity index is 898. The lowest BCUT2D eigenvalue weighted by atomic mass is 10.0. The number of imide groups is 1. The zero-order chi connectivity index (χ0) is 19.7. The third-order valence-electron chi connectivity index (χ3n) is 5.25. The standard InChI is InChI=1S/C21H21N3O4/c1-28-16-9-7-15(8-10-16)19(25)23-12-11-17-18(23)20(26)24(21(27)22-17)13-14-5-3-2-4-6-14/h2-10,17-18H,11-13H2,1H3,(H,22,27)/t17-,18-/m0/s1. The Kier molecular flexibility index (Phi) is 4.73. The van der Waals surface area contributed by atoms with Gasteiger partial charge in [0.1, 0.15) is 11.8 Å². The molecule has 0 aliphatic carbocycles. The van der Waals surface area contributed by atoms with Gasteiger partial charge in [0.2, 0.25) is 0 Å². The molecule has 1 N–H and O–H groups in total. The van der Waals surface area contributed by atoms with Crippen LogP contribution in [0.25, 0.3) is 0 Å². The maximum atomic E-state index is 13.1. The van der Waals surface area contributed by atoms with Crippen molar-refractivity contribution in [3.63, 3.8) is 0 Å². The van der Waals surface area contributed by atoms with Gasteiger partial charge in [0, 0.05) is 12.1 Å². The Morgan fingerprint density at radius 2 is 1.82 bits per heavy atom. The summed E-state index contributed by atoms with van der Waals surface area (Å²) < 4.78 is 5.13. The van der Waals surface area contributed by atoms with Crippen molar-refractivity contribution >= 4 is 17.8 Å². The molecule has 7 nitrogen and oxygen atoms in total. The van der Waals surface area contributed by atoms with Gasteiger partial charge in [-0.05, 0) is 36.2 Å². The van der Waals surface area contributed by atoms with Gasteiger partial charge in [-0.25, -0.2) is 4.79 Å². The number of amides is 4. The molecule has 2 aliphatic heterocycles. The number of ether oxygens (including phenoxy) is 1. The number of rotatable bonds is 4. The highest BCUT2D eigenvalue weighted by Crippen LogP contribution is 2.27. The van der Waals surface area contributed by atoms with E-state index in [1.165, 1.54) is 4.90 Å². The summed E-state index contributed by atoms with van der Waals surface area (Å²) >= 11 is 0. The van der Waals surface area contributed by atoms with Crippen LogP contribution >= 0.6 is 0 Å². The fourth-order valence-corrected chi connectivity index (χ4v) is 3.79. The summed E-state index contributed by atoms with van der Waals surface area (Å²) in [5.41, 5.74) is 1.34. The second-order valence-electron chi connectivity index (χ2n) is 6.93. The Morgan fingerprint density at radius 1 is 1.11 bits per heavy atom. The molecule has 2 aromatic rings. The van der Waals surface area contributed by atoms with Crippen LogP contribution in [0.2, 0.25) is 0 Å². The van der Waals surface area contributed by atoms with Gasteiger partial charge in [0.25, 0.3) is 11.8 Å². The summed E-state index contributed by atoms with van der Waals surface area (Å²) in [6.07, 6.45) is 0.559. The van der Waals surface area contributed by atoms with Crippen LogP contribution < -0.4 is 10.1 Å². The third-order valence-corrected chi connectivity index (χ3v) is 5.25. The van der Waals surface area contributed by atoms with Crippen molar-refractivity contribution in [2.45, 2.75) is 25.0 Å². The Hall–Kier alpha value is -3.35. The van der Waals surface area contributed by atoms with Crippen LogP contribution in [0.1, 0.15) is 22.3 Å². The Morgan fingerprint density at radius 3 is 2.50 bits per heavy atom. The summed E-state index contributed by atoms with van der Waals surface area (Å²) in [7, 11) is 1.56. The number of fused-ring (bicyclic) bond motifs is 1. The predicted octanol–water partition coefficient (Wildman–Crippen LogP) is 2.03. The Labute approximate surface area is 162 Å². The van der Waals surface area contributed by atoms with E-state index in [4.69, 9.17) is 4.74 Å². The lowest BCUT2D eigenvalue weighted by molar-refractivity contribution is -0.134. The fourth-order valence-electron chi connectivity index (χ4n) is 3.79. The number of methoxy groups -OCH3 is 1. The first-order chi connectivity index (χ1) is 13.6. The van der Waals surface area contributed by atoms with Crippen molar-refractivity contribution in [2.24, 2.45) is 0 Å². The van der Waals surface area contributed by atoms with Crippen molar-refractivity contribution in [1.82, 2.24) is 15.1 Å². The monoisotopic (exact) mass is 379 g/mol. The van der Waals surface area contributed by atoms with E-state index in [-0.39, 0.29) is 24.4 Å². The SMILES string of the molecule is COc1ccc(C(=O)N2CC[C@@H]3NC(=O)N(Cc4ccccc4)C(=O)[C@H]32)cc1. The molecule has 0 bridgehead atoms. The molecule has 0 saturated carbocycles. The molecular formula is C21H21N3O4. The minimum Gasteiger partial charge on any atom is -0.497 e. The first-order valence-corrected chi connectivity index (χ1v) is 9.19. The molecule has 7 heteroatoms. The lowest BCUT2D eigenvalue weighted by Crippen LogP contribution is -2.64. The van der Waals surface area contributed by atoms with E-state index in [1.807, 2.05) is 30.3 Å². The smallest absolute Gasteiger partial charge is 0.324 e. The molecule has 2 aliphatic rings. The van der Waals surface area contributed by atoms with Crippen LogP contribution in [-0.4, -0.2) is 53.4 Å². The van der Waals surface area contributed by atoms with Gasteiger partial charge in [0.15, 0.2) is 0 Å². The zero-order valence-corrected chi connectivity index (χ0v) is 15.5. The molecule has 0 unspecified atom stereocenters. The highest BCUT2D eigenvalue weighted by Gasteiger charge is 2.49. The van der Waals surface area contributed by atoms with Crippen LogP contribution in [0.15, 0.2) is 54.6 Å². The normalized spacial score (nSPS) is 21.3. The maximum Gasteiger partial charge on any atom is 0.324 e. The third kappa shape index (κ3) is 3.19. The molecule has 4 rings (SSSR count). The van der Waals surface area contributed by atoms with Crippen LogP contribution in [-0.2, 0) is 11.3 Å². The van der Waals surface area contributed by atoms with Crippen molar-refractivity contribution in [2.75, 3.05) is 13.7 Å².